The predicted octanol–water partition coefficient (Wildman–Crippen LogP) is 1.19. The second kappa shape index (κ2) is 5.40. The van der Waals surface area contributed by atoms with E-state index >= 15 is 0 Å². The van der Waals surface area contributed by atoms with Crippen molar-refractivity contribution in [2.45, 2.75) is 39.0 Å². The topological polar surface area (TPSA) is 66.5 Å². The van der Waals surface area contributed by atoms with Crippen molar-refractivity contribution in [1.29, 1.82) is 0 Å². The van der Waals surface area contributed by atoms with Gasteiger partial charge in [0.15, 0.2) is 0 Å². The fourth-order valence-electron chi connectivity index (χ4n) is 2.19. The van der Waals surface area contributed by atoms with Crippen molar-refractivity contribution in [2.75, 3.05) is 13.1 Å². The van der Waals surface area contributed by atoms with Gasteiger partial charge in [0.25, 0.3) is 5.91 Å². The number of allylic oxidation sites excluding steroid dienone is 1. The Bertz CT molecular complexity index is 446. The summed E-state index contributed by atoms with van der Waals surface area (Å²) in [6.07, 6.45) is 6.42. The summed E-state index contributed by atoms with van der Waals surface area (Å²) in [6, 6.07) is 0. The zero-order valence-electron chi connectivity index (χ0n) is 10.7. The van der Waals surface area contributed by atoms with Gasteiger partial charge in [-0.3, -0.25) is 4.79 Å². The Labute approximate surface area is 108 Å². The van der Waals surface area contributed by atoms with Gasteiger partial charge in [0.2, 0.25) is 0 Å². The molecule has 0 bridgehead atoms. The first kappa shape index (κ1) is 13.5. The van der Waals surface area contributed by atoms with Crippen molar-refractivity contribution in [3.05, 3.63) is 11.6 Å². The van der Waals surface area contributed by atoms with Crippen LogP contribution in [-0.4, -0.2) is 31.7 Å². The van der Waals surface area contributed by atoms with Gasteiger partial charge in [-0.15, -0.1) is 0 Å². The second-order valence-corrected chi connectivity index (χ2v) is 6.76. The SMILES string of the molecule is C/C(=C/C(=O)NS(=O)(=O)N1CCCCC1)C1CC1. The van der Waals surface area contributed by atoms with Gasteiger partial charge in [0.1, 0.15) is 0 Å². The summed E-state index contributed by atoms with van der Waals surface area (Å²) in [4.78, 5) is 11.7. The van der Waals surface area contributed by atoms with Crippen LogP contribution < -0.4 is 4.72 Å². The molecular formula is C12H20N2O3S. The molecule has 18 heavy (non-hydrogen) atoms. The lowest BCUT2D eigenvalue weighted by Gasteiger charge is -2.25. The summed E-state index contributed by atoms with van der Waals surface area (Å²) in [5.74, 6) is -0.0431. The number of hydrogen-bond donors (Lipinski definition) is 1. The van der Waals surface area contributed by atoms with Gasteiger partial charge in [-0.05, 0) is 38.5 Å². The van der Waals surface area contributed by atoms with E-state index < -0.39 is 16.1 Å². The van der Waals surface area contributed by atoms with E-state index in [-0.39, 0.29) is 0 Å². The minimum absolute atomic E-state index is 0.480. The maximum absolute atomic E-state index is 11.9. The molecule has 1 saturated heterocycles. The van der Waals surface area contributed by atoms with Crippen molar-refractivity contribution < 1.29 is 13.2 Å². The lowest BCUT2D eigenvalue weighted by molar-refractivity contribution is -0.115. The minimum Gasteiger partial charge on any atom is -0.269 e. The number of carbonyl (C=O) groups is 1. The van der Waals surface area contributed by atoms with Crippen molar-refractivity contribution >= 4 is 16.1 Å². The van der Waals surface area contributed by atoms with Crippen molar-refractivity contribution in [3.63, 3.8) is 0 Å². The molecular weight excluding hydrogens is 252 g/mol. The van der Waals surface area contributed by atoms with E-state index in [0.29, 0.717) is 19.0 Å². The first-order valence-electron chi connectivity index (χ1n) is 6.49. The standard InChI is InChI=1S/C12H20N2O3S/c1-10(11-5-6-11)9-12(15)13-18(16,17)14-7-3-2-4-8-14/h9,11H,2-8H2,1H3,(H,13,15)/b10-9-. The van der Waals surface area contributed by atoms with Gasteiger partial charge >= 0.3 is 10.2 Å². The predicted molar refractivity (Wildman–Crippen MR) is 69.0 cm³/mol. The highest BCUT2D eigenvalue weighted by molar-refractivity contribution is 7.87. The first-order chi connectivity index (χ1) is 8.49. The molecule has 2 aliphatic rings. The van der Waals surface area contributed by atoms with E-state index in [0.717, 1.165) is 37.7 Å². The van der Waals surface area contributed by atoms with Gasteiger partial charge in [-0.2, -0.15) is 12.7 Å². The van der Waals surface area contributed by atoms with E-state index in [9.17, 15) is 13.2 Å². The van der Waals surface area contributed by atoms with E-state index in [1.54, 1.807) is 0 Å². The molecule has 6 heteroatoms. The second-order valence-electron chi connectivity index (χ2n) is 5.09. The highest BCUT2D eigenvalue weighted by Gasteiger charge is 2.27. The van der Waals surface area contributed by atoms with Crippen LogP contribution in [0.1, 0.15) is 39.0 Å². The highest BCUT2D eigenvalue weighted by Crippen LogP contribution is 2.35. The number of nitrogens with one attached hydrogen (secondary N) is 1. The van der Waals surface area contributed by atoms with E-state index in [1.165, 1.54) is 10.4 Å². The van der Waals surface area contributed by atoms with Crippen LogP contribution in [0.4, 0.5) is 0 Å². The van der Waals surface area contributed by atoms with Crippen LogP contribution >= 0.6 is 0 Å². The van der Waals surface area contributed by atoms with E-state index in [2.05, 4.69) is 4.72 Å². The Morgan fingerprint density at radius 1 is 1.22 bits per heavy atom. The number of amides is 1. The minimum atomic E-state index is -3.64. The highest BCUT2D eigenvalue weighted by atomic mass is 32.2. The molecule has 5 nitrogen and oxygen atoms in total. The summed E-state index contributed by atoms with van der Waals surface area (Å²) in [7, 11) is -3.64. The molecule has 0 spiro atoms. The average molecular weight is 272 g/mol. The summed E-state index contributed by atoms with van der Waals surface area (Å²) in [6.45, 7) is 2.90. The normalized spacial score (nSPS) is 22.8. The van der Waals surface area contributed by atoms with Gasteiger partial charge in [0, 0.05) is 19.2 Å². The zero-order chi connectivity index (χ0) is 13.2. The summed E-state index contributed by atoms with van der Waals surface area (Å²) in [5.41, 5.74) is 0.973. The third-order valence-electron chi connectivity index (χ3n) is 3.46. The maximum atomic E-state index is 11.9. The molecule has 0 unspecified atom stereocenters. The Balaban J connectivity index is 1.94. The maximum Gasteiger partial charge on any atom is 0.304 e. The fourth-order valence-corrected chi connectivity index (χ4v) is 3.37. The average Bonchev–Trinajstić information content (AvgIpc) is 3.13. The smallest absolute Gasteiger partial charge is 0.269 e. The molecule has 1 amide bonds. The van der Waals surface area contributed by atoms with Crippen molar-refractivity contribution in [2.24, 2.45) is 5.92 Å². The molecule has 1 aliphatic carbocycles. The molecule has 1 heterocycles. The number of hydrogen-bond acceptors (Lipinski definition) is 3. The zero-order valence-corrected chi connectivity index (χ0v) is 11.5. The number of carbonyl (C=O) groups excluding carboxylic acids is 1. The molecule has 0 aromatic rings. The quantitative estimate of drug-likeness (QED) is 0.782. The molecule has 2 rings (SSSR count). The third kappa shape index (κ3) is 3.55. The number of piperidine rings is 1. The van der Waals surface area contributed by atoms with Crippen LogP contribution in [0.25, 0.3) is 0 Å². The third-order valence-corrected chi connectivity index (χ3v) is 4.97. The number of nitrogens with zero attached hydrogens (tertiary/aromatic N) is 1. The lowest BCUT2D eigenvalue weighted by atomic mass is 10.2. The van der Waals surface area contributed by atoms with Crippen LogP contribution in [0.3, 0.4) is 0 Å². The van der Waals surface area contributed by atoms with E-state index in [1.807, 2.05) is 6.92 Å². The van der Waals surface area contributed by atoms with Crippen molar-refractivity contribution in [3.8, 4) is 0 Å². The Morgan fingerprint density at radius 2 is 1.83 bits per heavy atom. The Kier molecular flexibility index (Phi) is 4.07. The van der Waals surface area contributed by atoms with Crippen LogP contribution in [0.2, 0.25) is 0 Å². The van der Waals surface area contributed by atoms with Crippen molar-refractivity contribution in [1.82, 2.24) is 9.03 Å². The van der Waals surface area contributed by atoms with Crippen LogP contribution in [0.15, 0.2) is 11.6 Å². The molecule has 102 valence electrons. The van der Waals surface area contributed by atoms with Gasteiger partial charge in [-0.25, -0.2) is 4.72 Å². The van der Waals surface area contributed by atoms with Gasteiger partial charge in [0.05, 0.1) is 0 Å². The largest absolute Gasteiger partial charge is 0.304 e. The molecule has 0 aromatic carbocycles. The first-order valence-corrected chi connectivity index (χ1v) is 7.93. The summed E-state index contributed by atoms with van der Waals surface area (Å²) < 4.78 is 27.3. The van der Waals surface area contributed by atoms with Crippen LogP contribution in [-0.2, 0) is 15.0 Å². The molecule has 1 N–H and O–H groups in total. The lowest BCUT2D eigenvalue weighted by Crippen LogP contribution is -2.45. The van der Waals surface area contributed by atoms with Gasteiger partial charge in [-0.1, -0.05) is 12.0 Å². The fraction of sp³-hybridized carbons (Fsp3) is 0.750. The van der Waals surface area contributed by atoms with Gasteiger partial charge < -0.3 is 0 Å². The van der Waals surface area contributed by atoms with Crippen LogP contribution in [0.5, 0.6) is 0 Å². The number of rotatable bonds is 4. The van der Waals surface area contributed by atoms with E-state index in [4.69, 9.17) is 0 Å². The molecule has 0 radical (unpaired) electrons. The molecule has 1 aliphatic heterocycles. The Morgan fingerprint density at radius 3 is 2.39 bits per heavy atom. The molecule has 0 aromatic heterocycles. The summed E-state index contributed by atoms with van der Waals surface area (Å²) >= 11 is 0. The molecule has 1 saturated carbocycles. The molecule has 2 fully saturated rings. The summed E-state index contributed by atoms with van der Waals surface area (Å²) in [5, 5.41) is 0. The monoisotopic (exact) mass is 272 g/mol. The Hall–Kier alpha value is -0.880. The molecule has 0 atom stereocenters. The van der Waals surface area contributed by atoms with Crippen LogP contribution in [0, 0.1) is 5.92 Å².